The topological polar surface area (TPSA) is 79.3 Å². The van der Waals surface area contributed by atoms with Gasteiger partial charge in [0.05, 0.1) is 17.2 Å². The third-order valence-corrected chi connectivity index (χ3v) is 7.26. The van der Waals surface area contributed by atoms with Gasteiger partial charge in [-0.15, -0.1) is 22.7 Å². The fourth-order valence-electron chi connectivity index (χ4n) is 3.49. The molecule has 0 radical (unpaired) electrons. The molecule has 7 heteroatoms. The van der Waals surface area contributed by atoms with Gasteiger partial charge in [-0.1, -0.05) is 25.3 Å². The normalized spacial score (nSPS) is 17.8. The van der Waals surface area contributed by atoms with Crippen molar-refractivity contribution in [2.24, 2.45) is 0 Å². The fourth-order valence-corrected chi connectivity index (χ4v) is 5.38. The molecule has 1 amide bonds. The highest BCUT2D eigenvalue weighted by Gasteiger charge is 2.42. The van der Waals surface area contributed by atoms with E-state index in [9.17, 15) is 14.7 Å². The third kappa shape index (κ3) is 3.48. The summed E-state index contributed by atoms with van der Waals surface area (Å²) in [6.07, 6.45) is 5.01. The number of aromatic carboxylic acids is 1. The van der Waals surface area contributed by atoms with Crippen LogP contribution in [-0.4, -0.2) is 22.0 Å². The molecule has 134 valence electrons. The second-order valence-corrected chi connectivity index (χ2v) is 8.57. The predicted molar refractivity (Wildman–Crippen MR) is 99.5 cm³/mol. The summed E-state index contributed by atoms with van der Waals surface area (Å²) in [7, 11) is 0. The van der Waals surface area contributed by atoms with Gasteiger partial charge in [0.1, 0.15) is 9.88 Å². The molecule has 1 aliphatic carbocycles. The molecule has 5 nitrogen and oxygen atoms in total. The molecule has 0 bridgehead atoms. The Morgan fingerprint density at radius 1 is 1.32 bits per heavy atom. The molecule has 1 saturated carbocycles. The molecule has 0 aromatic carbocycles. The minimum absolute atomic E-state index is 0.0341. The molecule has 1 aliphatic rings. The van der Waals surface area contributed by atoms with Gasteiger partial charge in [-0.25, -0.2) is 9.78 Å². The van der Waals surface area contributed by atoms with Gasteiger partial charge in [0.25, 0.3) is 0 Å². The molecule has 0 saturated heterocycles. The lowest BCUT2D eigenvalue weighted by Crippen LogP contribution is -2.46. The maximum atomic E-state index is 13.2. The maximum absolute atomic E-state index is 13.2. The largest absolute Gasteiger partial charge is 0.477 e. The van der Waals surface area contributed by atoms with Crippen LogP contribution in [0.3, 0.4) is 0 Å². The first-order valence-electron chi connectivity index (χ1n) is 8.49. The van der Waals surface area contributed by atoms with E-state index in [1.807, 2.05) is 18.4 Å². The number of carboxylic acids is 1. The van der Waals surface area contributed by atoms with Crippen molar-refractivity contribution in [2.45, 2.75) is 57.4 Å². The van der Waals surface area contributed by atoms with Crippen molar-refractivity contribution in [1.82, 2.24) is 10.3 Å². The summed E-state index contributed by atoms with van der Waals surface area (Å²) in [5, 5.41) is 15.0. The van der Waals surface area contributed by atoms with Crippen LogP contribution in [0.2, 0.25) is 0 Å². The fraction of sp³-hybridized carbons (Fsp3) is 0.500. The number of thiophene rings is 1. The molecule has 2 aromatic rings. The molecular weight excluding hydrogens is 356 g/mol. The lowest BCUT2D eigenvalue weighted by atomic mass is 9.72. The third-order valence-electron chi connectivity index (χ3n) is 4.86. The standard InChI is InChI=1S/C18H22N2O3S2/c1-11-14(16(21)22)25-15(19-11)12(2)20-17(23)18(8-4-3-5-9-18)13-7-6-10-24-13/h6-7,10,12H,3-5,8-9H2,1-2H3,(H,20,23)(H,21,22). The molecular formula is C18H22N2O3S2. The van der Waals surface area contributed by atoms with Gasteiger partial charge in [0.2, 0.25) is 5.91 Å². The van der Waals surface area contributed by atoms with Crippen molar-refractivity contribution in [2.75, 3.05) is 0 Å². The zero-order valence-electron chi connectivity index (χ0n) is 14.4. The lowest BCUT2D eigenvalue weighted by Gasteiger charge is -2.35. The number of amides is 1. The number of aryl methyl sites for hydroxylation is 1. The number of hydrogen-bond acceptors (Lipinski definition) is 5. The number of carbonyl (C=O) groups excluding carboxylic acids is 1. The number of carboxylic acid groups (broad SMARTS) is 1. The molecule has 1 atom stereocenters. The number of carbonyl (C=O) groups is 2. The SMILES string of the molecule is Cc1nc(C(C)NC(=O)C2(c3cccs3)CCCCC2)sc1C(=O)O. The average Bonchev–Trinajstić information content (AvgIpc) is 3.25. The summed E-state index contributed by atoms with van der Waals surface area (Å²) in [6.45, 7) is 3.55. The van der Waals surface area contributed by atoms with E-state index in [1.54, 1.807) is 18.3 Å². The highest BCUT2D eigenvalue weighted by atomic mass is 32.1. The number of thiazole rings is 1. The van der Waals surface area contributed by atoms with Crippen LogP contribution in [0.1, 0.15) is 70.3 Å². The summed E-state index contributed by atoms with van der Waals surface area (Å²) in [5.41, 5.74) is 0.0435. The summed E-state index contributed by atoms with van der Waals surface area (Å²) < 4.78 is 0. The Bertz CT molecular complexity index is 761. The Balaban J connectivity index is 1.82. The van der Waals surface area contributed by atoms with Gasteiger partial charge < -0.3 is 10.4 Å². The van der Waals surface area contributed by atoms with Crippen molar-refractivity contribution < 1.29 is 14.7 Å². The zero-order chi connectivity index (χ0) is 18.0. The Labute approximate surface area is 155 Å². The van der Waals surface area contributed by atoms with Gasteiger partial charge in [0.15, 0.2) is 0 Å². The van der Waals surface area contributed by atoms with Crippen LogP contribution in [0.15, 0.2) is 17.5 Å². The molecule has 25 heavy (non-hydrogen) atoms. The first-order valence-corrected chi connectivity index (χ1v) is 10.2. The van der Waals surface area contributed by atoms with Crippen molar-refractivity contribution in [3.8, 4) is 0 Å². The van der Waals surface area contributed by atoms with Crippen molar-refractivity contribution >= 4 is 34.6 Å². The van der Waals surface area contributed by atoms with Crippen LogP contribution in [0.5, 0.6) is 0 Å². The zero-order valence-corrected chi connectivity index (χ0v) is 16.0. The molecule has 3 rings (SSSR count). The van der Waals surface area contributed by atoms with Crippen molar-refractivity contribution in [3.05, 3.63) is 38.0 Å². The second-order valence-electron chi connectivity index (χ2n) is 6.59. The molecule has 0 spiro atoms. The lowest BCUT2D eigenvalue weighted by molar-refractivity contribution is -0.128. The van der Waals surface area contributed by atoms with E-state index in [0.717, 1.165) is 41.9 Å². The highest BCUT2D eigenvalue weighted by Crippen LogP contribution is 2.42. The van der Waals surface area contributed by atoms with Gasteiger partial charge >= 0.3 is 5.97 Å². The summed E-state index contributed by atoms with van der Waals surface area (Å²) in [5.74, 6) is -0.936. The monoisotopic (exact) mass is 378 g/mol. The highest BCUT2D eigenvalue weighted by molar-refractivity contribution is 7.13. The molecule has 1 fully saturated rings. The first kappa shape index (κ1) is 18.1. The van der Waals surface area contributed by atoms with Crippen molar-refractivity contribution in [3.63, 3.8) is 0 Å². The van der Waals surface area contributed by atoms with E-state index in [0.29, 0.717) is 10.7 Å². The molecule has 2 N–H and O–H groups in total. The van der Waals surface area contributed by atoms with E-state index >= 15 is 0 Å². The maximum Gasteiger partial charge on any atom is 0.347 e. The van der Waals surface area contributed by atoms with Gasteiger partial charge in [-0.05, 0) is 38.1 Å². The predicted octanol–water partition coefficient (Wildman–Crippen LogP) is 4.29. The number of rotatable bonds is 5. The first-order chi connectivity index (χ1) is 11.9. The van der Waals surface area contributed by atoms with E-state index in [1.165, 1.54) is 6.42 Å². The number of hydrogen-bond donors (Lipinski definition) is 2. The smallest absolute Gasteiger partial charge is 0.347 e. The Kier molecular flexibility index (Phi) is 5.24. The number of nitrogens with one attached hydrogen (secondary N) is 1. The Morgan fingerprint density at radius 2 is 2.04 bits per heavy atom. The van der Waals surface area contributed by atoms with Crippen LogP contribution in [-0.2, 0) is 10.2 Å². The van der Waals surface area contributed by atoms with Gasteiger partial charge in [-0.3, -0.25) is 4.79 Å². The number of aromatic nitrogens is 1. The van der Waals surface area contributed by atoms with Crippen LogP contribution < -0.4 is 5.32 Å². The quantitative estimate of drug-likeness (QED) is 0.813. The summed E-state index contributed by atoms with van der Waals surface area (Å²) in [4.78, 5) is 30.1. The second kappa shape index (κ2) is 7.25. The Hall–Kier alpha value is -1.73. The van der Waals surface area contributed by atoms with Gasteiger partial charge in [0, 0.05) is 4.88 Å². The van der Waals surface area contributed by atoms with E-state index in [-0.39, 0.29) is 16.8 Å². The van der Waals surface area contributed by atoms with E-state index in [2.05, 4.69) is 16.4 Å². The minimum atomic E-state index is -0.970. The van der Waals surface area contributed by atoms with E-state index in [4.69, 9.17) is 0 Å². The average molecular weight is 379 g/mol. The Morgan fingerprint density at radius 3 is 2.60 bits per heavy atom. The molecule has 2 heterocycles. The molecule has 2 aromatic heterocycles. The van der Waals surface area contributed by atoms with Crippen LogP contribution >= 0.6 is 22.7 Å². The van der Waals surface area contributed by atoms with Crippen LogP contribution in [0.25, 0.3) is 0 Å². The van der Waals surface area contributed by atoms with Crippen molar-refractivity contribution in [1.29, 1.82) is 0 Å². The summed E-state index contributed by atoms with van der Waals surface area (Å²) >= 11 is 2.78. The number of nitrogens with zero attached hydrogens (tertiary/aromatic N) is 1. The molecule has 1 unspecified atom stereocenters. The van der Waals surface area contributed by atoms with Crippen LogP contribution in [0, 0.1) is 6.92 Å². The van der Waals surface area contributed by atoms with E-state index < -0.39 is 11.4 Å². The minimum Gasteiger partial charge on any atom is -0.477 e. The van der Waals surface area contributed by atoms with Crippen LogP contribution in [0.4, 0.5) is 0 Å². The summed E-state index contributed by atoms with van der Waals surface area (Å²) in [6, 6.07) is 3.75. The van der Waals surface area contributed by atoms with Gasteiger partial charge in [-0.2, -0.15) is 0 Å². The molecule has 0 aliphatic heterocycles.